The van der Waals surface area contributed by atoms with Gasteiger partial charge in [0.1, 0.15) is 5.60 Å². The summed E-state index contributed by atoms with van der Waals surface area (Å²) in [5, 5.41) is 9.20. The van der Waals surface area contributed by atoms with Crippen LogP contribution in [0.2, 0.25) is 0 Å². The van der Waals surface area contributed by atoms with Gasteiger partial charge in [-0.1, -0.05) is 20.8 Å². The lowest BCUT2D eigenvalue weighted by Gasteiger charge is -2.31. The number of hydrogen-bond acceptors (Lipinski definition) is 2. The first-order valence-electron chi connectivity index (χ1n) is 4.33. The third kappa shape index (κ3) is 0.651. The van der Waals surface area contributed by atoms with E-state index in [1.54, 1.807) is 0 Å². The third-order valence-electron chi connectivity index (χ3n) is 3.94. The molecular weight excluding hydrogens is 140 g/mol. The molecule has 3 atom stereocenters. The van der Waals surface area contributed by atoms with Gasteiger partial charge >= 0.3 is 0 Å². The second kappa shape index (κ2) is 1.80. The maximum atomic E-state index is 9.20. The van der Waals surface area contributed by atoms with Crippen molar-refractivity contribution < 1.29 is 9.84 Å². The van der Waals surface area contributed by atoms with Gasteiger partial charge in [0, 0.05) is 5.41 Å². The molecule has 0 aromatic heterocycles. The minimum Gasteiger partial charge on any atom is -0.393 e. The van der Waals surface area contributed by atoms with E-state index in [1.165, 1.54) is 0 Å². The molecule has 1 aliphatic carbocycles. The highest BCUT2D eigenvalue weighted by Gasteiger charge is 2.71. The molecule has 3 unspecified atom stereocenters. The minimum absolute atomic E-state index is 0.159. The van der Waals surface area contributed by atoms with Crippen molar-refractivity contribution in [2.45, 2.75) is 38.9 Å². The summed E-state index contributed by atoms with van der Waals surface area (Å²) in [7, 11) is 0. The van der Waals surface area contributed by atoms with Crippen LogP contribution in [0.3, 0.4) is 0 Å². The molecule has 1 N–H and O–H groups in total. The van der Waals surface area contributed by atoms with E-state index < -0.39 is 0 Å². The van der Waals surface area contributed by atoms with Gasteiger partial charge in [-0.05, 0) is 12.3 Å². The Hall–Kier alpha value is -0.0800. The fraction of sp³-hybridized carbons (Fsp3) is 1.00. The minimum atomic E-state index is -0.174. The lowest BCUT2D eigenvalue weighted by molar-refractivity contribution is 0.0307. The summed E-state index contributed by atoms with van der Waals surface area (Å²) in [4.78, 5) is 0. The molecule has 2 heteroatoms. The molecule has 0 amide bonds. The Morgan fingerprint density at radius 2 is 2.18 bits per heavy atom. The summed E-state index contributed by atoms with van der Waals surface area (Å²) in [6.07, 6.45) is 1.46. The highest BCUT2D eigenvalue weighted by Crippen LogP contribution is 2.62. The monoisotopic (exact) mass is 156 g/mol. The molecule has 11 heavy (non-hydrogen) atoms. The van der Waals surface area contributed by atoms with Crippen molar-refractivity contribution in [3.05, 3.63) is 0 Å². The van der Waals surface area contributed by atoms with Crippen molar-refractivity contribution >= 4 is 0 Å². The molecule has 0 aromatic carbocycles. The fourth-order valence-corrected chi connectivity index (χ4v) is 2.40. The van der Waals surface area contributed by atoms with Gasteiger partial charge in [-0.25, -0.2) is 0 Å². The molecular formula is C9H16O2. The molecule has 2 rings (SSSR count). The molecule has 2 nitrogen and oxygen atoms in total. The van der Waals surface area contributed by atoms with Gasteiger partial charge in [0.05, 0.1) is 12.7 Å². The summed E-state index contributed by atoms with van der Waals surface area (Å²) < 4.78 is 5.53. The topological polar surface area (TPSA) is 32.8 Å². The van der Waals surface area contributed by atoms with E-state index in [-0.39, 0.29) is 17.6 Å². The first-order chi connectivity index (χ1) is 5.04. The number of hydrogen-bond donors (Lipinski definition) is 1. The van der Waals surface area contributed by atoms with Crippen molar-refractivity contribution in [3.63, 3.8) is 0 Å². The molecule has 0 aromatic rings. The maximum Gasteiger partial charge on any atom is 0.123 e. The molecule has 0 spiro atoms. The normalized spacial score (nSPS) is 52.4. The van der Waals surface area contributed by atoms with Crippen molar-refractivity contribution in [2.24, 2.45) is 11.3 Å². The molecule has 1 saturated carbocycles. The zero-order valence-corrected chi connectivity index (χ0v) is 7.42. The van der Waals surface area contributed by atoms with Crippen molar-refractivity contribution in [3.8, 4) is 0 Å². The Kier molecular flexibility index (Phi) is 1.24. The van der Waals surface area contributed by atoms with Crippen LogP contribution in [0.25, 0.3) is 0 Å². The second-order valence-corrected chi connectivity index (χ2v) is 4.51. The zero-order chi connectivity index (χ0) is 8.28. The Bertz CT molecular complexity index is 184. The van der Waals surface area contributed by atoms with Crippen LogP contribution in [0.15, 0.2) is 0 Å². The van der Waals surface area contributed by atoms with Crippen LogP contribution in [0, 0.1) is 11.3 Å². The van der Waals surface area contributed by atoms with Crippen LogP contribution in [-0.2, 0) is 4.74 Å². The molecule has 0 radical (unpaired) electrons. The van der Waals surface area contributed by atoms with Crippen LogP contribution < -0.4 is 0 Å². The number of aliphatic hydroxyl groups is 1. The van der Waals surface area contributed by atoms with Crippen LogP contribution in [0.5, 0.6) is 0 Å². The Balaban J connectivity index is 2.28. The largest absolute Gasteiger partial charge is 0.393 e. The van der Waals surface area contributed by atoms with Crippen molar-refractivity contribution in [1.82, 2.24) is 0 Å². The van der Waals surface area contributed by atoms with E-state index >= 15 is 0 Å². The quantitative estimate of drug-likeness (QED) is 0.578. The Morgan fingerprint density at radius 3 is 2.45 bits per heavy atom. The SMILES string of the molecule is CC1CC2OC2(CO)C1(C)C. The molecule has 1 heterocycles. The molecule has 2 fully saturated rings. The lowest BCUT2D eigenvalue weighted by Crippen LogP contribution is -2.37. The van der Waals surface area contributed by atoms with E-state index in [0.29, 0.717) is 12.0 Å². The Morgan fingerprint density at radius 1 is 1.55 bits per heavy atom. The summed E-state index contributed by atoms with van der Waals surface area (Å²) >= 11 is 0. The maximum absolute atomic E-state index is 9.20. The van der Waals surface area contributed by atoms with Crippen molar-refractivity contribution in [1.29, 1.82) is 0 Å². The van der Waals surface area contributed by atoms with E-state index in [1.807, 2.05) is 0 Å². The van der Waals surface area contributed by atoms with Gasteiger partial charge in [-0.2, -0.15) is 0 Å². The van der Waals surface area contributed by atoms with Gasteiger partial charge in [0.2, 0.25) is 0 Å². The average molecular weight is 156 g/mol. The number of ether oxygens (including phenoxy) is 1. The first-order valence-corrected chi connectivity index (χ1v) is 4.33. The molecule has 1 aliphatic heterocycles. The smallest absolute Gasteiger partial charge is 0.123 e. The summed E-state index contributed by atoms with van der Waals surface area (Å²) in [5.41, 5.74) is -0.0150. The van der Waals surface area contributed by atoms with Crippen LogP contribution in [-0.4, -0.2) is 23.4 Å². The Labute approximate surface area is 67.6 Å². The molecule has 1 saturated heterocycles. The van der Waals surface area contributed by atoms with Crippen molar-refractivity contribution in [2.75, 3.05) is 6.61 Å². The van der Waals surface area contributed by atoms with Gasteiger partial charge in [-0.3, -0.25) is 0 Å². The predicted molar refractivity (Wildman–Crippen MR) is 42.3 cm³/mol. The highest BCUT2D eigenvalue weighted by molar-refractivity contribution is 5.18. The zero-order valence-electron chi connectivity index (χ0n) is 7.42. The van der Waals surface area contributed by atoms with E-state index in [2.05, 4.69) is 20.8 Å². The highest BCUT2D eigenvalue weighted by atomic mass is 16.6. The number of rotatable bonds is 1. The van der Waals surface area contributed by atoms with Crippen LogP contribution in [0.1, 0.15) is 27.2 Å². The number of epoxide rings is 1. The number of fused-ring (bicyclic) bond motifs is 1. The lowest BCUT2D eigenvalue weighted by atomic mass is 9.75. The summed E-state index contributed by atoms with van der Waals surface area (Å²) in [6.45, 7) is 6.82. The standard InChI is InChI=1S/C9H16O2/c1-6-4-7-9(5-10,11-7)8(6,2)3/h6-7,10H,4-5H2,1-3H3. The fourth-order valence-electron chi connectivity index (χ4n) is 2.40. The second-order valence-electron chi connectivity index (χ2n) is 4.51. The molecule has 64 valence electrons. The van der Waals surface area contributed by atoms with E-state index in [0.717, 1.165) is 6.42 Å². The van der Waals surface area contributed by atoms with E-state index in [4.69, 9.17) is 4.74 Å². The summed E-state index contributed by atoms with van der Waals surface area (Å²) in [6, 6.07) is 0. The van der Waals surface area contributed by atoms with Crippen LogP contribution >= 0.6 is 0 Å². The average Bonchev–Trinajstić information content (AvgIpc) is 2.59. The van der Waals surface area contributed by atoms with Gasteiger partial charge in [0.25, 0.3) is 0 Å². The summed E-state index contributed by atoms with van der Waals surface area (Å²) in [5.74, 6) is 0.674. The predicted octanol–water partition coefficient (Wildman–Crippen LogP) is 1.18. The van der Waals surface area contributed by atoms with Crippen LogP contribution in [0.4, 0.5) is 0 Å². The molecule has 0 bridgehead atoms. The van der Waals surface area contributed by atoms with E-state index in [9.17, 15) is 5.11 Å². The molecule has 2 aliphatic rings. The van der Waals surface area contributed by atoms with Gasteiger partial charge < -0.3 is 9.84 Å². The van der Waals surface area contributed by atoms with Gasteiger partial charge in [-0.15, -0.1) is 0 Å². The first kappa shape index (κ1) is 7.56. The number of aliphatic hydroxyl groups excluding tert-OH is 1. The van der Waals surface area contributed by atoms with Gasteiger partial charge in [0.15, 0.2) is 0 Å². The third-order valence-corrected chi connectivity index (χ3v) is 3.94.